The van der Waals surface area contributed by atoms with Gasteiger partial charge in [0.1, 0.15) is 0 Å². The maximum atomic E-state index is 5.45. The van der Waals surface area contributed by atoms with E-state index in [1.165, 1.54) is 25.7 Å². The van der Waals surface area contributed by atoms with Gasteiger partial charge >= 0.3 is 0 Å². The average molecular weight is 317 g/mol. The van der Waals surface area contributed by atoms with Crippen molar-refractivity contribution < 1.29 is 0 Å². The molecule has 22 heavy (non-hydrogen) atoms. The minimum Gasteiger partial charge on any atom is -0.330 e. The van der Waals surface area contributed by atoms with Crippen molar-refractivity contribution in [3.63, 3.8) is 0 Å². The zero-order valence-corrected chi connectivity index (χ0v) is 14.5. The van der Waals surface area contributed by atoms with Crippen molar-refractivity contribution in [1.29, 1.82) is 0 Å². The van der Waals surface area contributed by atoms with Crippen molar-refractivity contribution in [3.8, 4) is 0 Å². The highest BCUT2D eigenvalue weighted by atomic mass is 14.9. The smallest absolute Gasteiger partial charge is 0.00368 e. The first-order valence-electron chi connectivity index (χ1n) is 9.14. The average Bonchev–Trinajstić information content (AvgIpc) is 2.54. The molecule has 0 saturated carbocycles. The molecule has 0 aliphatic rings. The molecule has 0 aliphatic heterocycles. The third-order valence-corrected chi connectivity index (χ3v) is 3.49. The van der Waals surface area contributed by atoms with Crippen LogP contribution >= 0.6 is 0 Å². The highest BCUT2D eigenvalue weighted by molar-refractivity contribution is 4.56. The first kappa shape index (κ1) is 21.8. The molecule has 0 unspecified atom stereocenters. The Bertz CT molecular complexity index is 171. The second kappa shape index (κ2) is 20.8. The van der Waals surface area contributed by atoms with Gasteiger partial charge in [0.2, 0.25) is 0 Å². The Kier molecular flexibility index (Phi) is 20.5. The van der Waals surface area contributed by atoms with Crippen LogP contribution in [0.3, 0.4) is 0 Å². The van der Waals surface area contributed by atoms with Crippen LogP contribution in [0.5, 0.6) is 0 Å². The molecule has 0 saturated heterocycles. The molecule has 0 aromatic rings. The molecule has 6 nitrogen and oxygen atoms in total. The molecule has 0 spiro atoms. The van der Waals surface area contributed by atoms with Gasteiger partial charge in [0.25, 0.3) is 0 Å². The van der Waals surface area contributed by atoms with E-state index in [9.17, 15) is 0 Å². The van der Waals surface area contributed by atoms with Gasteiger partial charge in [-0.1, -0.05) is 0 Å². The number of nitrogens with one attached hydrogen (secondary N) is 4. The Morgan fingerprint density at radius 2 is 0.682 bits per heavy atom. The predicted octanol–water partition coefficient (Wildman–Crippen LogP) is -0.397. The molecule has 6 heteroatoms. The van der Waals surface area contributed by atoms with Crippen molar-refractivity contribution in [2.75, 3.05) is 65.4 Å². The van der Waals surface area contributed by atoms with Crippen LogP contribution in [0, 0.1) is 0 Å². The number of hydrogen-bond acceptors (Lipinski definition) is 6. The van der Waals surface area contributed by atoms with E-state index in [2.05, 4.69) is 21.3 Å². The lowest BCUT2D eigenvalue weighted by atomic mass is 10.3. The summed E-state index contributed by atoms with van der Waals surface area (Å²) in [4.78, 5) is 0. The number of rotatable bonds is 19. The highest BCUT2D eigenvalue weighted by Crippen LogP contribution is 1.83. The maximum absolute atomic E-state index is 5.45. The second-order valence-electron chi connectivity index (χ2n) is 5.70. The molecule has 0 bridgehead atoms. The third-order valence-electron chi connectivity index (χ3n) is 3.49. The highest BCUT2D eigenvalue weighted by Gasteiger charge is 1.92. The first-order valence-corrected chi connectivity index (χ1v) is 9.14. The fraction of sp³-hybridized carbons (Fsp3) is 1.00. The largest absolute Gasteiger partial charge is 0.330 e. The van der Waals surface area contributed by atoms with Gasteiger partial charge in [0, 0.05) is 0 Å². The molecule has 0 aromatic heterocycles. The van der Waals surface area contributed by atoms with Gasteiger partial charge in [0.15, 0.2) is 0 Å². The van der Waals surface area contributed by atoms with Crippen molar-refractivity contribution >= 4 is 0 Å². The summed E-state index contributed by atoms with van der Waals surface area (Å²) in [6.07, 6.45) is 6.98. The number of unbranched alkanes of at least 4 members (excludes halogenated alkanes) is 1. The maximum Gasteiger partial charge on any atom is -0.00368 e. The molecular formula is C16H40N6. The first-order chi connectivity index (χ1) is 10.9. The van der Waals surface area contributed by atoms with Crippen molar-refractivity contribution in [2.45, 2.75) is 38.5 Å². The molecule has 0 aliphatic carbocycles. The van der Waals surface area contributed by atoms with Crippen molar-refractivity contribution in [2.24, 2.45) is 11.5 Å². The summed E-state index contributed by atoms with van der Waals surface area (Å²) in [6, 6.07) is 0. The van der Waals surface area contributed by atoms with E-state index in [0.29, 0.717) is 0 Å². The van der Waals surface area contributed by atoms with Crippen LogP contribution in [0.1, 0.15) is 38.5 Å². The zero-order valence-electron chi connectivity index (χ0n) is 14.5. The lowest BCUT2D eigenvalue weighted by Crippen LogP contribution is -2.27. The summed E-state index contributed by atoms with van der Waals surface area (Å²) in [6.45, 7) is 10.3. The molecule has 8 N–H and O–H groups in total. The summed E-state index contributed by atoms with van der Waals surface area (Å²) < 4.78 is 0. The SMILES string of the molecule is NCCCCNCCCNCCCNCCCNCCCN. The molecule has 0 radical (unpaired) electrons. The molecule has 0 rings (SSSR count). The van der Waals surface area contributed by atoms with Crippen molar-refractivity contribution in [1.82, 2.24) is 21.3 Å². The molecule has 0 fully saturated rings. The van der Waals surface area contributed by atoms with Gasteiger partial charge in [-0.25, -0.2) is 0 Å². The van der Waals surface area contributed by atoms with Crippen molar-refractivity contribution in [3.05, 3.63) is 0 Å². The van der Waals surface area contributed by atoms with Crippen LogP contribution in [-0.2, 0) is 0 Å². The number of hydrogen-bond donors (Lipinski definition) is 6. The van der Waals surface area contributed by atoms with E-state index in [0.717, 1.165) is 78.3 Å². The van der Waals surface area contributed by atoms with Gasteiger partial charge in [-0.05, 0) is 104 Å². The molecule has 0 heterocycles. The van der Waals surface area contributed by atoms with Crippen LogP contribution in [0.2, 0.25) is 0 Å². The van der Waals surface area contributed by atoms with Crippen LogP contribution in [0.4, 0.5) is 0 Å². The number of nitrogens with two attached hydrogens (primary N) is 2. The van der Waals surface area contributed by atoms with E-state index in [4.69, 9.17) is 11.5 Å². The van der Waals surface area contributed by atoms with Crippen LogP contribution in [-0.4, -0.2) is 65.4 Å². The van der Waals surface area contributed by atoms with Crippen LogP contribution in [0.15, 0.2) is 0 Å². The standard InChI is InChI=1S/C16H40N6/c17-7-1-2-9-19-11-4-13-21-15-6-16-22-14-5-12-20-10-3-8-18/h19-22H,1-18H2. The third kappa shape index (κ3) is 19.8. The fourth-order valence-corrected chi connectivity index (χ4v) is 2.14. The summed E-state index contributed by atoms with van der Waals surface area (Å²) in [7, 11) is 0. The second-order valence-corrected chi connectivity index (χ2v) is 5.70. The Balaban J connectivity index is 2.91. The van der Waals surface area contributed by atoms with E-state index in [1.54, 1.807) is 0 Å². The molecule has 0 aromatic carbocycles. The minimum absolute atomic E-state index is 0.780. The Hall–Kier alpha value is -0.240. The fourth-order valence-electron chi connectivity index (χ4n) is 2.14. The summed E-state index contributed by atoms with van der Waals surface area (Å²) in [5.41, 5.74) is 10.9. The molecule has 0 atom stereocenters. The van der Waals surface area contributed by atoms with Crippen LogP contribution < -0.4 is 32.7 Å². The van der Waals surface area contributed by atoms with Gasteiger partial charge < -0.3 is 32.7 Å². The van der Waals surface area contributed by atoms with Gasteiger partial charge in [-0.15, -0.1) is 0 Å². The lowest BCUT2D eigenvalue weighted by molar-refractivity contribution is 0.546. The Morgan fingerprint density at radius 1 is 0.364 bits per heavy atom. The minimum atomic E-state index is 0.780. The summed E-state index contributed by atoms with van der Waals surface area (Å²) in [5.74, 6) is 0. The summed E-state index contributed by atoms with van der Waals surface area (Å²) in [5, 5.41) is 13.8. The summed E-state index contributed by atoms with van der Waals surface area (Å²) >= 11 is 0. The topological polar surface area (TPSA) is 100 Å². The van der Waals surface area contributed by atoms with Gasteiger partial charge in [-0.2, -0.15) is 0 Å². The van der Waals surface area contributed by atoms with E-state index < -0.39 is 0 Å². The Morgan fingerprint density at radius 3 is 1.05 bits per heavy atom. The molecule has 0 amide bonds. The van der Waals surface area contributed by atoms with Crippen LogP contribution in [0.25, 0.3) is 0 Å². The predicted molar refractivity (Wildman–Crippen MR) is 97.3 cm³/mol. The monoisotopic (exact) mass is 316 g/mol. The van der Waals surface area contributed by atoms with Gasteiger partial charge in [-0.3, -0.25) is 0 Å². The lowest BCUT2D eigenvalue weighted by Gasteiger charge is -2.08. The quantitative estimate of drug-likeness (QED) is 0.181. The Labute approximate surface area is 137 Å². The van der Waals surface area contributed by atoms with E-state index in [-0.39, 0.29) is 0 Å². The normalized spacial score (nSPS) is 11.2. The van der Waals surface area contributed by atoms with E-state index in [1.807, 2.05) is 0 Å². The van der Waals surface area contributed by atoms with E-state index >= 15 is 0 Å². The van der Waals surface area contributed by atoms with Gasteiger partial charge in [0.05, 0.1) is 0 Å². The zero-order chi connectivity index (χ0) is 16.1. The molecular weight excluding hydrogens is 276 g/mol. The molecule has 134 valence electrons.